The van der Waals surface area contributed by atoms with E-state index in [0.29, 0.717) is 5.11 Å². The van der Waals surface area contributed by atoms with Crippen molar-refractivity contribution in [2.24, 2.45) is 0 Å². The minimum absolute atomic E-state index is 0.601. The van der Waals surface area contributed by atoms with Crippen LogP contribution in [-0.2, 0) is 6.42 Å². The second-order valence-electron chi connectivity index (χ2n) is 7.26. The maximum Gasteiger partial charge on any atom is 0.170 e. The molecular weight excluding hydrogens is 476 g/mol. The van der Waals surface area contributed by atoms with Gasteiger partial charge in [-0.25, -0.2) is 4.98 Å². The van der Waals surface area contributed by atoms with Crippen LogP contribution in [0.15, 0.2) is 67.7 Å². The standard InChI is InChI=1S/C25H30N4O2S2.C2H4/c1-5-8-19(18(6-2)24-28-20-12-14-26-16-23(20)33-24)29-25(32)27-13-7-9-17-10-11-21(30-3)22(15-17)31-4;1-2/h6,8,10-12,14-16H,5,7,9,13H2,1-4H3,(H2,27,29,32);1-2H2/b18-6+,19-8+;. The van der Waals surface area contributed by atoms with Crippen LogP contribution >= 0.6 is 23.6 Å². The Labute approximate surface area is 217 Å². The summed E-state index contributed by atoms with van der Waals surface area (Å²) in [5, 5.41) is 8.24. The molecule has 0 saturated carbocycles. The zero-order valence-corrected chi connectivity index (χ0v) is 22.5. The summed E-state index contributed by atoms with van der Waals surface area (Å²) in [5.41, 5.74) is 4.15. The van der Waals surface area contributed by atoms with Gasteiger partial charge in [0.15, 0.2) is 16.6 Å². The zero-order valence-electron chi connectivity index (χ0n) is 20.9. The molecular formula is C27H34N4O2S2. The molecule has 0 radical (unpaired) electrons. The summed E-state index contributed by atoms with van der Waals surface area (Å²) in [6, 6.07) is 7.95. The first-order valence-corrected chi connectivity index (χ1v) is 12.7. The lowest BCUT2D eigenvalue weighted by Crippen LogP contribution is -2.35. The van der Waals surface area contributed by atoms with Gasteiger partial charge in [0.2, 0.25) is 0 Å². The topological polar surface area (TPSA) is 68.3 Å². The molecule has 0 aliphatic rings. The van der Waals surface area contributed by atoms with E-state index in [-0.39, 0.29) is 0 Å². The zero-order chi connectivity index (χ0) is 25.6. The average molecular weight is 511 g/mol. The van der Waals surface area contributed by atoms with Crippen LogP contribution in [-0.4, -0.2) is 35.8 Å². The lowest BCUT2D eigenvalue weighted by molar-refractivity contribution is 0.354. The molecule has 1 aromatic carbocycles. The van der Waals surface area contributed by atoms with Gasteiger partial charge in [-0.2, -0.15) is 0 Å². The number of fused-ring (bicyclic) bond motifs is 1. The van der Waals surface area contributed by atoms with Gasteiger partial charge in [-0.1, -0.05) is 25.1 Å². The largest absolute Gasteiger partial charge is 0.493 e. The van der Waals surface area contributed by atoms with Crippen molar-refractivity contribution in [1.82, 2.24) is 20.6 Å². The number of thiazole rings is 1. The fraction of sp³-hybridized carbons (Fsp3) is 0.296. The molecule has 2 aromatic heterocycles. The van der Waals surface area contributed by atoms with Crippen LogP contribution in [0.5, 0.6) is 11.5 Å². The van der Waals surface area contributed by atoms with Crippen molar-refractivity contribution in [2.75, 3.05) is 20.8 Å². The average Bonchev–Trinajstić information content (AvgIpc) is 3.32. The third-order valence-corrected chi connectivity index (χ3v) is 6.32. The molecule has 0 fully saturated rings. The van der Waals surface area contributed by atoms with Crippen molar-refractivity contribution in [2.45, 2.75) is 33.1 Å². The van der Waals surface area contributed by atoms with E-state index in [0.717, 1.165) is 63.8 Å². The van der Waals surface area contributed by atoms with Crippen LogP contribution in [0, 0.1) is 0 Å². The maximum atomic E-state index is 5.57. The Balaban J connectivity index is 0.00000210. The molecule has 3 aromatic rings. The highest BCUT2D eigenvalue weighted by Crippen LogP contribution is 2.30. The molecule has 0 saturated heterocycles. The number of hydrogen-bond donors (Lipinski definition) is 2. The summed E-state index contributed by atoms with van der Waals surface area (Å²) in [4.78, 5) is 8.98. The number of nitrogens with one attached hydrogen (secondary N) is 2. The smallest absolute Gasteiger partial charge is 0.170 e. The van der Waals surface area contributed by atoms with Crippen molar-refractivity contribution in [1.29, 1.82) is 0 Å². The number of hydrogen-bond acceptors (Lipinski definition) is 6. The lowest BCUT2D eigenvalue weighted by atomic mass is 10.1. The third-order valence-electron chi connectivity index (χ3n) is 5.03. The molecule has 3 rings (SSSR count). The molecule has 0 aliphatic heterocycles. The van der Waals surface area contributed by atoms with Crippen molar-refractivity contribution in [3.8, 4) is 11.5 Å². The SMILES string of the molecule is C/C=C(\C(=C/CC)NC(=S)NCCCc1ccc(OC)c(OC)c1)c1nc2ccncc2s1.C=C. The van der Waals surface area contributed by atoms with Crippen molar-refractivity contribution < 1.29 is 9.47 Å². The number of aromatic nitrogens is 2. The highest BCUT2D eigenvalue weighted by atomic mass is 32.1. The van der Waals surface area contributed by atoms with Crippen molar-refractivity contribution >= 4 is 44.5 Å². The number of ether oxygens (including phenoxy) is 2. The first-order chi connectivity index (χ1) is 17.1. The van der Waals surface area contributed by atoms with Gasteiger partial charge in [0.1, 0.15) is 5.01 Å². The molecule has 2 heterocycles. The van der Waals surface area contributed by atoms with E-state index in [4.69, 9.17) is 26.7 Å². The van der Waals surface area contributed by atoms with Crippen molar-refractivity contribution in [3.63, 3.8) is 0 Å². The van der Waals surface area contributed by atoms with E-state index < -0.39 is 0 Å². The summed E-state index contributed by atoms with van der Waals surface area (Å²) in [7, 11) is 3.29. The summed E-state index contributed by atoms with van der Waals surface area (Å²) >= 11 is 7.20. The summed E-state index contributed by atoms with van der Waals surface area (Å²) in [6.45, 7) is 10.9. The predicted octanol–water partition coefficient (Wildman–Crippen LogP) is 6.30. The minimum Gasteiger partial charge on any atom is -0.493 e. The van der Waals surface area contributed by atoms with E-state index in [2.05, 4.69) is 53.9 Å². The Morgan fingerprint density at radius 2 is 1.94 bits per heavy atom. The number of allylic oxidation sites excluding steroid dienone is 3. The van der Waals surface area contributed by atoms with Gasteiger partial charge in [-0.05, 0) is 62.2 Å². The number of rotatable bonds is 10. The molecule has 186 valence electrons. The molecule has 0 aliphatic carbocycles. The van der Waals surface area contributed by atoms with E-state index in [1.54, 1.807) is 31.8 Å². The number of aryl methyl sites for hydroxylation is 1. The summed E-state index contributed by atoms with van der Waals surface area (Å²) < 4.78 is 11.8. The molecule has 2 N–H and O–H groups in total. The molecule has 6 nitrogen and oxygen atoms in total. The van der Waals surface area contributed by atoms with Crippen molar-refractivity contribution in [3.05, 3.63) is 78.2 Å². The van der Waals surface area contributed by atoms with Gasteiger partial charge >= 0.3 is 0 Å². The van der Waals surface area contributed by atoms with Gasteiger partial charge in [0.25, 0.3) is 0 Å². The summed E-state index contributed by atoms with van der Waals surface area (Å²) in [6.07, 6.45) is 10.6. The number of pyridine rings is 1. The fourth-order valence-corrected chi connectivity index (χ4v) is 4.65. The van der Waals surface area contributed by atoms with Gasteiger partial charge < -0.3 is 20.1 Å². The summed E-state index contributed by atoms with van der Waals surface area (Å²) in [5.74, 6) is 1.49. The van der Waals surface area contributed by atoms with Gasteiger partial charge in [0.05, 0.1) is 24.4 Å². The molecule has 8 heteroatoms. The molecule has 0 bridgehead atoms. The Morgan fingerprint density at radius 3 is 2.60 bits per heavy atom. The lowest BCUT2D eigenvalue weighted by Gasteiger charge is -2.15. The highest BCUT2D eigenvalue weighted by Gasteiger charge is 2.14. The molecule has 0 unspecified atom stereocenters. The number of methoxy groups -OCH3 is 2. The van der Waals surface area contributed by atoms with Crippen LogP contribution in [0.4, 0.5) is 0 Å². The van der Waals surface area contributed by atoms with Crippen LogP contribution < -0.4 is 20.1 Å². The minimum atomic E-state index is 0.601. The van der Waals surface area contributed by atoms with Crippen LogP contribution in [0.1, 0.15) is 37.3 Å². The molecule has 0 spiro atoms. The first-order valence-electron chi connectivity index (χ1n) is 11.4. The van der Waals surface area contributed by atoms with Crippen LogP contribution in [0.3, 0.4) is 0 Å². The van der Waals surface area contributed by atoms with Gasteiger partial charge in [-0.15, -0.1) is 24.5 Å². The second kappa shape index (κ2) is 14.9. The van der Waals surface area contributed by atoms with Gasteiger partial charge in [0, 0.05) is 30.2 Å². The Hall–Kier alpha value is -3.23. The molecule has 0 amide bonds. The Bertz CT molecular complexity index is 1140. The Morgan fingerprint density at radius 1 is 1.17 bits per heavy atom. The first kappa shape index (κ1) is 28.0. The number of nitrogens with zero attached hydrogens (tertiary/aromatic N) is 2. The van der Waals surface area contributed by atoms with E-state index >= 15 is 0 Å². The third kappa shape index (κ3) is 7.90. The van der Waals surface area contributed by atoms with E-state index in [1.807, 2.05) is 31.3 Å². The Kier molecular flexibility index (Phi) is 11.9. The van der Waals surface area contributed by atoms with E-state index in [1.165, 1.54) is 5.56 Å². The number of thiocarbonyl (C=S) groups is 1. The monoisotopic (exact) mass is 510 g/mol. The fourth-order valence-electron chi connectivity index (χ4n) is 3.42. The maximum absolute atomic E-state index is 5.57. The predicted molar refractivity (Wildman–Crippen MR) is 152 cm³/mol. The van der Waals surface area contributed by atoms with Crippen LogP contribution in [0.2, 0.25) is 0 Å². The van der Waals surface area contributed by atoms with E-state index in [9.17, 15) is 0 Å². The normalized spacial score (nSPS) is 11.4. The molecule has 35 heavy (non-hydrogen) atoms. The highest BCUT2D eigenvalue weighted by molar-refractivity contribution is 7.80. The van der Waals surface area contributed by atoms with Gasteiger partial charge in [-0.3, -0.25) is 4.98 Å². The molecule has 0 atom stereocenters. The van der Waals surface area contributed by atoms with Crippen LogP contribution in [0.25, 0.3) is 15.8 Å². The number of benzene rings is 1. The second-order valence-corrected chi connectivity index (χ2v) is 8.70. The quantitative estimate of drug-likeness (QED) is 0.143.